The number of phenols is 2. The third-order valence-electron chi connectivity index (χ3n) is 2.67. The van der Waals surface area contributed by atoms with Crippen LogP contribution in [0.1, 0.15) is 5.56 Å². The van der Waals surface area contributed by atoms with Crippen LogP contribution in [0.5, 0.6) is 11.5 Å². The molecule has 0 unspecified atom stereocenters. The second-order valence-corrected chi connectivity index (χ2v) is 6.03. The molecule has 0 bridgehead atoms. The van der Waals surface area contributed by atoms with Crippen molar-refractivity contribution in [2.75, 3.05) is 0 Å². The van der Waals surface area contributed by atoms with Crippen LogP contribution in [0.4, 0.5) is 5.13 Å². The minimum Gasteiger partial charge on any atom is -0.508 e. The van der Waals surface area contributed by atoms with E-state index < -0.39 is 0 Å². The number of rotatable bonds is 2. The zero-order valence-electron chi connectivity index (χ0n) is 10.1. The number of thiazole rings is 1. The summed E-state index contributed by atoms with van der Waals surface area (Å²) in [5.74, 6) is 0.00194. The first-order valence-electron chi connectivity index (χ1n) is 5.74. The van der Waals surface area contributed by atoms with Gasteiger partial charge in [0.05, 0.1) is 10.2 Å². The Bertz CT molecular complexity index is 814. The number of aromatic nitrogens is 1. The molecule has 100 valence electrons. The van der Waals surface area contributed by atoms with E-state index in [1.54, 1.807) is 6.07 Å². The van der Waals surface area contributed by atoms with E-state index in [1.165, 1.54) is 29.7 Å². The summed E-state index contributed by atoms with van der Waals surface area (Å²) < 4.78 is 2.04. The smallest absolute Gasteiger partial charge is 0.210 e. The summed E-state index contributed by atoms with van der Waals surface area (Å²) >= 11 is 4.89. The van der Waals surface area contributed by atoms with E-state index >= 15 is 0 Å². The molecule has 3 rings (SSSR count). The van der Waals surface area contributed by atoms with Gasteiger partial charge >= 0.3 is 0 Å². The summed E-state index contributed by atoms with van der Waals surface area (Å²) in [6, 6.07) is 10.2. The predicted molar refractivity (Wildman–Crippen MR) is 84.3 cm³/mol. The summed E-state index contributed by atoms with van der Waals surface area (Å²) in [4.78, 5) is 8.64. The minimum absolute atomic E-state index is 0.0161. The van der Waals surface area contributed by atoms with Gasteiger partial charge in [-0.2, -0.15) is 0 Å². The van der Waals surface area contributed by atoms with Crippen LogP contribution in [-0.2, 0) is 0 Å². The molecule has 0 aliphatic carbocycles. The van der Waals surface area contributed by atoms with Crippen LogP contribution in [0, 0.1) is 0 Å². The monoisotopic (exact) mass is 348 g/mol. The Morgan fingerprint density at radius 2 is 2.00 bits per heavy atom. The molecule has 6 heteroatoms. The van der Waals surface area contributed by atoms with Crippen LogP contribution in [0.3, 0.4) is 0 Å². The van der Waals surface area contributed by atoms with Gasteiger partial charge < -0.3 is 10.2 Å². The summed E-state index contributed by atoms with van der Waals surface area (Å²) in [6.45, 7) is 0. The molecule has 0 saturated carbocycles. The topological polar surface area (TPSA) is 65.7 Å². The number of phenolic OH excluding ortho intramolecular Hbond substituents is 2. The molecule has 4 nitrogen and oxygen atoms in total. The van der Waals surface area contributed by atoms with Crippen molar-refractivity contribution in [1.82, 2.24) is 4.98 Å². The van der Waals surface area contributed by atoms with Crippen LogP contribution in [0.15, 0.2) is 45.9 Å². The van der Waals surface area contributed by atoms with Crippen LogP contribution < -0.4 is 0 Å². The Hall–Kier alpha value is -1.92. The third-order valence-corrected chi connectivity index (χ3v) is 4.09. The van der Waals surface area contributed by atoms with Gasteiger partial charge in [0.2, 0.25) is 5.13 Å². The van der Waals surface area contributed by atoms with Gasteiger partial charge in [-0.25, -0.2) is 9.98 Å². The van der Waals surface area contributed by atoms with Crippen molar-refractivity contribution in [1.29, 1.82) is 0 Å². The van der Waals surface area contributed by atoms with Crippen molar-refractivity contribution in [2.24, 2.45) is 4.99 Å². The fraction of sp³-hybridized carbons (Fsp3) is 0. The molecule has 0 atom stereocenters. The number of halogens is 1. The Morgan fingerprint density at radius 3 is 2.80 bits per heavy atom. The van der Waals surface area contributed by atoms with Gasteiger partial charge in [0.1, 0.15) is 11.5 Å². The van der Waals surface area contributed by atoms with Crippen molar-refractivity contribution < 1.29 is 10.2 Å². The maximum absolute atomic E-state index is 9.67. The SMILES string of the molecule is Oc1ccc(C=Nc2nc3ccc(Br)cc3s2)c(O)c1. The van der Waals surface area contributed by atoms with Crippen LogP contribution >= 0.6 is 27.3 Å². The van der Waals surface area contributed by atoms with Crippen LogP contribution in [-0.4, -0.2) is 21.4 Å². The lowest BCUT2D eigenvalue weighted by molar-refractivity contribution is 0.450. The Balaban J connectivity index is 1.94. The number of hydrogen-bond donors (Lipinski definition) is 2. The maximum Gasteiger partial charge on any atom is 0.210 e. The first kappa shape index (κ1) is 13.1. The quantitative estimate of drug-likeness (QED) is 0.681. The molecule has 0 aliphatic heterocycles. The lowest BCUT2D eigenvalue weighted by atomic mass is 10.2. The summed E-state index contributed by atoms with van der Waals surface area (Å²) in [5, 5.41) is 19.5. The van der Waals surface area contributed by atoms with Gasteiger partial charge in [0, 0.05) is 22.3 Å². The zero-order chi connectivity index (χ0) is 14.1. The normalized spacial score (nSPS) is 11.4. The molecule has 0 spiro atoms. The highest BCUT2D eigenvalue weighted by Gasteiger charge is 2.04. The molecule has 2 aromatic carbocycles. The molecule has 0 radical (unpaired) electrons. The van der Waals surface area contributed by atoms with E-state index in [0.29, 0.717) is 10.7 Å². The molecule has 1 heterocycles. The van der Waals surface area contributed by atoms with E-state index in [9.17, 15) is 10.2 Å². The number of nitrogens with zero attached hydrogens (tertiary/aromatic N) is 2. The molecule has 2 N–H and O–H groups in total. The van der Waals surface area contributed by atoms with E-state index in [4.69, 9.17) is 0 Å². The van der Waals surface area contributed by atoms with E-state index in [2.05, 4.69) is 25.9 Å². The highest BCUT2D eigenvalue weighted by molar-refractivity contribution is 9.10. The molecule has 1 aromatic heterocycles. The van der Waals surface area contributed by atoms with Gasteiger partial charge in [-0.1, -0.05) is 27.3 Å². The molecular weight excluding hydrogens is 340 g/mol. The van der Waals surface area contributed by atoms with Crippen molar-refractivity contribution >= 4 is 48.8 Å². The molecule has 0 aliphatic rings. The average molecular weight is 349 g/mol. The molecule has 0 amide bonds. The van der Waals surface area contributed by atoms with Gasteiger partial charge in [-0.3, -0.25) is 0 Å². The van der Waals surface area contributed by atoms with Crippen molar-refractivity contribution in [3.05, 3.63) is 46.4 Å². The second-order valence-electron chi connectivity index (χ2n) is 4.11. The van der Waals surface area contributed by atoms with Crippen LogP contribution in [0.2, 0.25) is 0 Å². The van der Waals surface area contributed by atoms with E-state index in [1.807, 2.05) is 18.2 Å². The highest BCUT2D eigenvalue weighted by atomic mass is 79.9. The Morgan fingerprint density at radius 1 is 1.15 bits per heavy atom. The lowest BCUT2D eigenvalue weighted by Crippen LogP contribution is -1.81. The summed E-state index contributed by atoms with van der Waals surface area (Å²) in [5.41, 5.74) is 1.42. The minimum atomic E-state index is -0.0161. The van der Waals surface area contributed by atoms with Crippen molar-refractivity contribution in [3.63, 3.8) is 0 Å². The van der Waals surface area contributed by atoms with Crippen molar-refractivity contribution in [2.45, 2.75) is 0 Å². The van der Waals surface area contributed by atoms with Gasteiger partial charge in [0.15, 0.2) is 0 Å². The predicted octanol–water partition coefficient (Wildman–Crippen LogP) is 4.22. The number of aromatic hydroxyl groups is 2. The van der Waals surface area contributed by atoms with Gasteiger partial charge in [-0.05, 0) is 30.3 Å². The summed E-state index contributed by atoms with van der Waals surface area (Å²) in [6.07, 6.45) is 1.53. The summed E-state index contributed by atoms with van der Waals surface area (Å²) in [7, 11) is 0. The number of benzene rings is 2. The average Bonchev–Trinajstić information content (AvgIpc) is 2.79. The number of fused-ring (bicyclic) bond motifs is 1. The maximum atomic E-state index is 9.67. The molecule has 3 aromatic rings. The van der Waals surface area contributed by atoms with Gasteiger partial charge in [-0.15, -0.1) is 0 Å². The number of aliphatic imine (C=N–C) groups is 1. The van der Waals surface area contributed by atoms with E-state index in [0.717, 1.165) is 14.7 Å². The fourth-order valence-electron chi connectivity index (χ4n) is 1.71. The Kier molecular flexibility index (Phi) is 3.42. The lowest BCUT2D eigenvalue weighted by Gasteiger charge is -1.97. The molecule has 0 saturated heterocycles. The van der Waals surface area contributed by atoms with Gasteiger partial charge in [0.25, 0.3) is 0 Å². The molecular formula is C14H9BrN2O2S. The Labute approximate surface area is 127 Å². The highest BCUT2D eigenvalue weighted by Crippen LogP contribution is 2.30. The van der Waals surface area contributed by atoms with Crippen LogP contribution in [0.25, 0.3) is 10.2 Å². The third kappa shape index (κ3) is 2.66. The second kappa shape index (κ2) is 5.22. The first-order chi connectivity index (χ1) is 9.61. The van der Waals surface area contributed by atoms with E-state index in [-0.39, 0.29) is 11.5 Å². The first-order valence-corrected chi connectivity index (χ1v) is 7.35. The zero-order valence-corrected chi connectivity index (χ0v) is 12.5. The fourth-order valence-corrected chi connectivity index (χ4v) is 3.07. The van der Waals surface area contributed by atoms with Crippen molar-refractivity contribution in [3.8, 4) is 11.5 Å². The largest absolute Gasteiger partial charge is 0.508 e. The number of hydrogen-bond acceptors (Lipinski definition) is 5. The standard InChI is InChI=1S/C14H9BrN2O2S/c15-9-2-4-11-13(5-9)20-14(17-11)16-7-8-1-3-10(18)6-12(8)19/h1-7,18-19H. The molecule has 0 fully saturated rings. The molecule has 20 heavy (non-hydrogen) atoms.